The van der Waals surface area contributed by atoms with Crippen molar-refractivity contribution in [1.82, 2.24) is 10.6 Å². The zero-order valence-electron chi connectivity index (χ0n) is 12.3. The zero-order chi connectivity index (χ0) is 14.4. The van der Waals surface area contributed by atoms with E-state index in [1.165, 1.54) is 0 Å². The van der Waals surface area contributed by atoms with Crippen molar-refractivity contribution in [2.24, 2.45) is 0 Å². The Labute approximate surface area is 120 Å². The van der Waals surface area contributed by atoms with Crippen molar-refractivity contribution in [3.05, 3.63) is 35.9 Å². The van der Waals surface area contributed by atoms with Crippen LogP contribution < -0.4 is 10.6 Å². The van der Waals surface area contributed by atoms with Gasteiger partial charge < -0.3 is 15.4 Å². The highest BCUT2D eigenvalue weighted by Gasteiger charge is 2.25. The first kappa shape index (κ1) is 15.0. The lowest BCUT2D eigenvalue weighted by atomic mass is 10.00. The lowest BCUT2D eigenvalue weighted by Crippen LogP contribution is -2.48. The van der Waals surface area contributed by atoms with Gasteiger partial charge in [-0.1, -0.05) is 30.3 Å². The second-order valence-corrected chi connectivity index (χ2v) is 5.33. The summed E-state index contributed by atoms with van der Waals surface area (Å²) in [4.78, 5) is 12.5. The molecule has 0 aliphatic carbocycles. The van der Waals surface area contributed by atoms with E-state index in [0.29, 0.717) is 12.6 Å². The Balaban J connectivity index is 2.00. The molecule has 0 bridgehead atoms. The number of hydrogen-bond acceptors (Lipinski definition) is 3. The third-order valence-corrected chi connectivity index (χ3v) is 3.64. The van der Waals surface area contributed by atoms with Crippen molar-refractivity contribution in [2.75, 3.05) is 13.2 Å². The molecular weight excluding hydrogens is 252 g/mol. The highest BCUT2D eigenvalue weighted by molar-refractivity contribution is 5.82. The summed E-state index contributed by atoms with van der Waals surface area (Å²) in [6, 6.07) is 10.4. The van der Waals surface area contributed by atoms with Crippen LogP contribution in [0.4, 0.5) is 0 Å². The molecule has 2 N–H and O–H groups in total. The normalized spacial score (nSPS) is 24.1. The van der Waals surface area contributed by atoms with Crippen LogP contribution in [-0.2, 0) is 9.53 Å². The SMILES string of the molecule is CCOC(C(=O)NC1CCNC(C)C1)c1ccccc1. The topological polar surface area (TPSA) is 50.4 Å². The number of amides is 1. The van der Waals surface area contributed by atoms with Gasteiger partial charge in [0.25, 0.3) is 5.91 Å². The van der Waals surface area contributed by atoms with Gasteiger partial charge in [0, 0.05) is 18.7 Å². The number of benzene rings is 1. The molecule has 1 aromatic rings. The van der Waals surface area contributed by atoms with Crippen LogP contribution in [0.5, 0.6) is 0 Å². The molecule has 1 aliphatic heterocycles. The minimum atomic E-state index is -0.508. The van der Waals surface area contributed by atoms with E-state index in [-0.39, 0.29) is 11.9 Å². The fraction of sp³-hybridized carbons (Fsp3) is 0.562. The van der Waals surface area contributed by atoms with Crippen LogP contribution in [-0.4, -0.2) is 31.1 Å². The monoisotopic (exact) mass is 276 g/mol. The van der Waals surface area contributed by atoms with Gasteiger partial charge >= 0.3 is 0 Å². The summed E-state index contributed by atoms with van der Waals surface area (Å²) >= 11 is 0. The van der Waals surface area contributed by atoms with Crippen molar-refractivity contribution in [3.63, 3.8) is 0 Å². The fourth-order valence-electron chi connectivity index (χ4n) is 2.66. The number of ether oxygens (including phenoxy) is 1. The predicted molar refractivity (Wildman–Crippen MR) is 79.4 cm³/mol. The lowest BCUT2D eigenvalue weighted by molar-refractivity contribution is -0.134. The van der Waals surface area contributed by atoms with Crippen LogP contribution in [0.15, 0.2) is 30.3 Å². The first-order valence-corrected chi connectivity index (χ1v) is 7.41. The summed E-state index contributed by atoms with van der Waals surface area (Å²) < 4.78 is 5.63. The Kier molecular flexibility index (Phi) is 5.56. The maximum atomic E-state index is 12.5. The molecule has 0 aromatic heterocycles. The predicted octanol–water partition coefficient (Wildman–Crippen LogP) is 2.02. The van der Waals surface area contributed by atoms with Crippen molar-refractivity contribution < 1.29 is 9.53 Å². The van der Waals surface area contributed by atoms with Crippen LogP contribution >= 0.6 is 0 Å². The van der Waals surface area contributed by atoms with Gasteiger partial charge in [-0.15, -0.1) is 0 Å². The molecule has 0 saturated carbocycles. The summed E-state index contributed by atoms with van der Waals surface area (Å²) in [5.74, 6) is -0.0304. The Morgan fingerprint density at radius 3 is 2.85 bits per heavy atom. The second kappa shape index (κ2) is 7.41. The van der Waals surface area contributed by atoms with Crippen LogP contribution in [0.2, 0.25) is 0 Å². The largest absolute Gasteiger partial charge is 0.364 e. The van der Waals surface area contributed by atoms with Crippen molar-refractivity contribution in [3.8, 4) is 0 Å². The van der Waals surface area contributed by atoms with Gasteiger partial charge in [-0.2, -0.15) is 0 Å². The molecule has 110 valence electrons. The molecule has 0 spiro atoms. The molecule has 4 nitrogen and oxygen atoms in total. The third kappa shape index (κ3) is 4.05. The molecule has 4 heteroatoms. The molecule has 1 aromatic carbocycles. The van der Waals surface area contributed by atoms with Crippen molar-refractivity contribution in [2.45, 2.75) is 44.9 Å². The van der Waals surface area contributed by atoms with E-state index in [1.54, 1.807) is 0 Å². The summed E-state index contributed by atoms with van der Waals surface area (Å²) in [6.07, 6.45) is 1.44. The standard InChI is InChI=1S/C16H24N2O2/c1-3-20-15(13-7-5-4-6-8-13)16(19)18-14-9-10-17-12(2)11-14/h4-8,12,14-15,17H,3,9-11H2,1-2H3,(H,18,19). The van der Waals surface area contributed by atoms with Gasteiger partial charge in [0.1, 0.15) is 0 Å². The first-order chi connectivity index (χ1) is 9.70. The number of nitrogens with one attached hydrogen (secondary N) is 2. The average Bonchev–Trinajstić information content (AvgIpc) is 2.45. The van der Waals surface area contributed by atoms with Gasteiger partial charge in [-0.25, -0.2) is 0 Å². The Hall–Kier alpha value is -1.39. The second-order valence-electron chi connectivity index (χ2n) is 5.33. The van der Waals surface area contributed by atoms with E-state index in [4.69, 9.17) is 4.74 Å². The highest BCUT2D eigenvalue weighted by atomic mass is 16.5. The van der Waals surface area contributed by atoms with Crippen LogP contribution in [0.1, 0.15) is 38.4 Å². The zero-order valence-corrected chi connectivity index (χ0v) is 12.3. The molecule has 3 atom stereocenters. The summed E-state index contributed by atoms with van der Waals surface area (Å²) in [5, 5.41) is 6.52. The summed E-state index contributed by atoms with van der Waals surface area (Å²) in [7, 11) is 0. The first-order valence-electron chi connectivity index (χ1n) is 7.41. The van der Waals surface area contributed by atoms with Crippen LogP contribution in [0, 0.1) is 0 Å². The number of hydrogen-bond donors (Lipinski definition) is 2. The lowest BCUT2D eigenvalue weighted by Gasteiger charge is -2.30. The van der Waals surface area contributed by atoms with E-state index in [2.05, 4.69) is 17.6 Å². The Morgan fingerprint density at radius 1 is 1.45 bits per heavy atom. The molecule has 1 aliphatic rings. The van der Waals surface area contributed by atoms with Gasteiger partial charge in [0.05, 0.1) is 0 Å². The molecule has 3 unspecified atom stereocenters. The van der Waals surface area contributed by atoms with Crippen LogP contribution in [0.3, 0.4) is 0 Å². The van der Waals surface area contributed by atoms with Gasteiger partial charge in [0.2, 0.25) is 0 Å². The highest BCUT2D eigenvalue weighted by Crippen LogP contribution is 2.18. The van der Waals surface area contributed by atoms with E-state index >= 15 is 0 Å². The Bertz CT molecular complexity index is 422. The van der Waals surface area contributed by atoms with Gasteiger partial charge in [-0.05, 0) is 38.8 Å². The van der Waals surface area contributed by atoms with Crippen LogP contribution in [0.25, 0.3) is 0 Å². The van der Waals surface area contributed by atoms with E-state index in [0.717, 1.165) is 24.9 Å². The van der Waals surface area contributed by atoms with E-state index < -0.39 is 6.10 Å². The Morgan fingerprint density at radius 2 is 2.20 bits per heavy atom. The minimum absolute atomic E-state index is 0.0304. The van der Waals surface area contributed by atoms with E-state index in [9.17, 15) is 4.79 Å². The smallest absolute Gasteiger partial charge is 0.253 e. The van der Waals surface area contributed by atoms with Gasteiger partial charge in [0.15, 0.2) is 6.10 Å². The maximum Gasteiger partial charge on any atom is 0.253 e. The molecule has 0 radical (unpaired) electrons. The van der Waals surface area contributed by atoms with Crippen molar-refractivity contribution >= 4 is 5.91 Å². The summed E-state index contributed by atoms with van der Waals surface area (Å²) in [6.45, 7) is 5.54. The maximum absolute atomic E-state index is 12.5. The molecule has 1 heterocycles. The number of carbonyl (C=O) groups excluding carboxylic acids is 1. The summed E-state index contributed by atoms with van der Waals surface area (Å²) in [5.41, 5.74) is 0.911. The van der Waals surface area contributed by atoms with E-state index in [1.807, 2.05) is 37.3 Å². The number of piperidine rings is 1. The average molecular weight is 276 g/mol. The quantitative estimate of drug-likeness (QED) is 0.865. The molecule has 1 amide bonds. The molecule has 1 saturated heterocycles. The third-order valence-electron chi connectivity index (χ3n) is 3.64. The number of rotatable bonds is 5. The molecule has 1 fully saturated rings. The molecule has 2 rings (SSSR count). The minimum Gasteiger partial charge on any atom is -0.364 e. The van der Waals surface area contributed by atoms with Gasteiger partial charge in [-0.3, -0.25) is 4.79 Å². The fourth-order valence-corrected chi connectivity index (χ4v) is 2.66. The molecular formula is C16H24N2O2. The van der Waals surface area contributed by atoms with Crippen molar-refractivity contribution in [1.29, 1.82) is 0 Å². The number of carbonyl (C=O) groups is 1. The molecule has 20 heavy (non-hydrogen) atoms.